The lowest BCUT2D eigenvalue weighted by atomic mass is 10.0. The van der Waals surface area contributed by atoms with Crippen LogP contribution in [0.25, 0.3) is 0 Å². The molecule has 2 atom stereocenters. The summed E-state index contributed by atoms with van der Waals surface area (Å²) in [6.45, 7) is 7.21. The highest BCUT2D eigenvalue weighted by Crippen LogP contribution is 2.12. The number of aliphatic hydroxyl groups excluding tert-OH is 1. The van der Waals surface area contributed by atoms with Gasteiger partial charge in [0.2, 0.25) is 0 Å². The molecule has 0 bridgehead atoms. The second-order valence-corrected chi connectivity index (χ2v) is 4.59. The minimum absolute atomic E-state index is 0.408. The van der Waals surface area contributed by atoms with E-state index in [1.807, 2.05) is 30.3 Å². The van der Waals surface area contributed by atoms with Gasteiger partial charge in [0.15, 0.2) is 0 Å². The second-order valence-electron chi connectivity index (χ2n) is 4.59. The van der Waals surface area contributed by atoms with Crippen molar-refractivity contribution in [3.05, 3.63) is 35.9 Å². The Kier molecular flexibility index (Phi) is 5.50. The van der Waals surface area contributed by atoms with Crippen molar-refractivity contribution in [3.63, 3.8) is 0 Å². The van der Waals surface area contributed by atoms with E-state index < -0.39 is 6.10 Å². The Morgan fingerprint density at radius 2 is 1.81 bits per heavy atom. The summed E-state index contributed by atoms with van der Waals surface area (Å²) in [7, 11) is 0. The van der Waals surface area contributed by atoms with E-state index in [2.05, 4.69) is 26.1 Å². The highest BCUT2D eigenvalue weighted by molar-refractivity contribution is 5.17. The Morgan fingerprint density at radius 1 is 1.19 bits per heavy atom. The monoisotopic (exact) mass is 221 g/mol. The zero-order valence-electron chi connectivity index (χ0n) is 10.5. The van der Waals surface area contributed by atoms with Gasteiger partial charge in [-0.05, 0) is 17.9 Å². The van der Waals surface area contributed by atoms with Crippen molar-refractivity contribution in [2.75, 3.05) is 6.54 Å². The number of hydrogen-bond donors (Lipinski definition) is 2. The molecular weight excluding hydrogens is 198 g/mol. The molecule has 0 saturated heterocycles. The molecule has 90 valence electrons. The molecule has 16 heavy (non-hydrogen) atoms. The predicted octanol–water partition coefficient (Wildman–Crippen LogP) is 2.74. The molecule has 0 radical (unpaired) electrons. The van der Waals surface area contributed by atoms with Gasteiger partial charge in [-0.15, -0.1) is 0 Å². The van der Waals surface area contributed by atoms with Crippen LogP contribution in [0, 0.1) is 5.92 Å². The maximum absolute atomic E-state index is 9.98. The molecule has 0 aliphatic rings. The molecule has 2 nitrogen and oxygen atoms in total. The zero-order chi connectivity index (χ0) is 12.0. The average Bonchev–Trinajstić information content (AvgIpc) is 2.30. The van der Waals surface area contributed by atoms with Crippen LogP contribution in [0.5, 0.6) is 0 Å². The van der Waals surface area contributed by atoms with Gasteiger partial charge in [-0.3, -0.25) is 0 Å². The van der Waals surface area contributed by atoms with Gasteiger partial charge in [-0.2, -0.15) is 0 Å². The average molecular weight is 221 g/mol. The van der Waals surface area contributed by atoms with Crippen LogP contribution in [-0.2, 0) is 0 Å². The molecule has 1 rings (SSSR count). The van der Waals surface area contributed by atoms with E-state index in [0.29, 0.717) is 18.5 Å². The quantitative estimate of drug-likeness (QED) is 0.774. The first-order chi connectivity index (χ1) is 7.65. The Morgan fingerprint density at radius 3 is 2.31 bits per heavy atom. The van der Waals surface area contributed by atoms with Crippen molar-refractivity contribution < 1.29 is 5.11 Å². The fourth-order valence-electron chi connectivity index (χ4n) is 1.91. The molecule has 0 spiro atoms. The molecule has 0 aliphatic carbocycles. The second kappa shape index (κ2) is 6.66. The van der Waals surface area contributed by atoms with Crippen molar-refractivity contribution in [2.45, 2.75) is 39.3 Å². The van der Waals surface area contributed by atoms with Crippen molar-refractivity contribution in [2.24, 2.45) is 5.92 Å². The number of hydrogen-bond acceptors (Lipinski definition) is 2. The zero-order valence-corrected chi connectivity index (χ0v) is 10.5. The van der Waals surface area contributed by atoms with Gasteiger partial charge in [-0.25, -0.2) is 0 Å². The molecule has 1 aromatic rings. The Labute approximate surface area is 98.7 Å². The van der Waals surface area contributed by atoms with E-state index in [1.54, 1.807) is 0 Å². The fraction of sp³-hybridized carbons (Fsp3) is 0.571. The SMILES string of the molecule is CCC(NCC(O)c1ccccc1)C(C)C. The summed E-state index contributed by atoms with van der Waals surface area (Å²) in [5.74, 6) is 0.605. The van der Waals surface area contributed by atoms with E-state index in [0.717, 1.165) is 12.0 Å². The summed E-state index contributed by atoms with van der Waals surface area (Å²) >= 11 is 0. The molecule has 2 N–H and O–H groups in total. The normalized spacial score (nSPS) is 15.1. The maximum atomic E-state index is 9.98. The maximum Gasteiger partial charge on any atom is 0.0914 e. The highest BCUT2D eigenvalue weighted by Gasteiger charge is 2.13. The third kappa shape index (κ3) is 3.95. The van der Waals surface area contributed by atoms with Crippen LogP contribution in [0.4, 0.5) is 0 Å². The van der Waals surface area contributed by atoms with Crippen LogP contribution < -0.4 is 5.32 Å². The molecule has 2 unspecified atom stereocenters. The summed E-state index contributed by atoms with van der Waals surface area (Å²) in [5.41, 5.74) is 0.980. The van der Waals surface area contributed by atoms with E-state index >= 15 is 0 Å². The summed E-state index contributed by atoms with van der Waals surface area (Å²) in [4.78, 5) is 0. The van der Waals surface area contributed by atoms with Gasteiger partial charge in [0.25, 0.3) is 0 Å². The first-order valence-corrected chi connectivity index (χ1v) is 6.11. The molecule has 0 aliphatic heterocycles. The van der Waals surface area contributed by atoms with Crippen LogP contribution in [0.3, 0.4) is 0 Å². The summed E-state index contributed by atoms with van der Waals surface area (Å²) < 4.78 is 0. The molecule has 0 heterocycles. The summed E-state index contributed by atoms with van der Waals surface area (Å²) in [5, 5.41) is 13.4. The largest absolute Gasteiger partial charge is 0.387 e. The molecule has 0 amide bonds. The van der Waals surface area contributed by atoms with E-state index in [1.165, 1.54) is 0 Å². The van der Waals surface area contributed by atoms with Crippen molar-refractivity contribution in [1.82, 2.24) is 5.32 Å². The van der Waals surface area contributed by atoms with Gasteiger partial charge in [0.05, 0.1) is 6.10 Å². The highest BCUT2D eigenvalue weighted by atomic mass is 16.3. The standard InChI is InChI=1S/C14H23NO/c1-4-13(11(2)3)15-10-14(16)12-8-6-5-7-9-12/h5-9,11,13-16H,4,10H2,1-3H3. The van der Waals surface area contributed by atoms with E-state index in [9.17, 15) is 5.11 Å². The van der Waals surface area contributed by atoms with Crippen LogP contribution in [-0.4, -0.2) is 17.7 Å². The number of rotatable bonds is 6. The molecule has 0 fully saturated rings. The Balaban J connectivity index is 2.43. The first-order valence-electron chi connectivity index (χ1n) is 6.11. The molecule has 0 aromatic heterocycles. The number of aliphatic hydroxyl groups is 1. The smallest absolute Gasteiger partial charge is 0.0914 e. The van der Waals surface area contributed by atoms with Gasteiger partial charge in [0.1, 0.15) is 0 Å². The lowest BCUT2D eigenvalue weighted by molar-refractivity contribution is 0.165. The molecule has 1 aromatic carbocycles. The number of benzene rings is 1. The summed E-state index contributed by atoms with van der Waals surface area (Å²) in [6.07, 6.45) is 0.688. The predicted molar refractivity (Wildman–Crippen MR) is 68.3 cm³/mol. The minimum atomic E-state index is -0.408. The fourth-order valence-corrected chi connectivity index (χ4v) is 1.91. The van der Waals surface area contributed by atoms with Gasteiger partial charge in [0, 0.05) is 12.6 Å². The van der Waals surface area contributed by atoms with Crippen LogP contribution in [0.2, 0.25) is 0 Å². The lowest BCUT2D eigenvalue weighted by Crippen LogP contribution is -2.36. The van der Waals surface area contributed by atoms with Crippen LogP contribution in [0.15, 0.2) is 30.3 Å². The number of nitrogens with one attached hydrogen (secondary N) is 1. The topological polar surface area (TPSA) is 32.3 Å². The lowest BCUT2D eigenvalue weighted by Gasteiger charge is -2.22. The Bertz CT molecular complexity index is 284. The van der Waals surface area contributed by atoms with E-state index in [-0.39, 0.29) is 0 Å². The molecule has 2 heteroatoms. The molecular formula is C14H23NO. The van der Waals surface area contributed by atoms with Crippen LogP contribution in [0.1, 0.15) is 38.9 Å². The third-order valence-electron chi connectivity index (χ3n) is 3.00. The summed E-state index contributed by atoms with van der Waals surface area (Å²) in [6, 6.07) is 10.3. The van der Waals surface area contributed by atoms with Gasteiger partial charge >= 0.3 is 0 Å². The van der Waals surface area contributed by atoms with Crippen molar-refractivity contribution >= 4 is 0 Å². The third-order valence-corrected chi connectivity index (χ3v) is 3.00. The minimum Gasteiger partial charge on any atom is -0.387 e. The van der Waals surface area contributed by atoms with Crippen molar-refractivity contribution in [3.8, 4) is 0 Å². The van der Waals surface area contributed by atoms with Gasteiger partial charge in [-0.1, -0.05) is 51.1 Å². The molecule has 0 saturated carbocycles. The van der Waals surface area contributed by atoms with Gasteiger partial charge < -0.3 is 10.4 Å². The first kappa shape index (κ1) is 13.2. The van der Waals surface area contributed by atoms with E-state index in [4.69, 9.17) is 0 Å². The van der Waals surface area contributed by atoms with Crippen LogP contribution >= 0.6 is 0 Å². The van der Waals surface area contributed by atoms with Crippen molar-refractivity contribution in [1.29, 1.82) is 0 Å². The Hall–Kier alpha value is -0.860.